The zero-order valence-corrected chi connectivity index (χ0v) is 21.9. The number of aliphatic imine (C=N–C) groups is 1. The van der Waals surface area contributed by atoms with E-state index < -0.39 is 31.3 Å². The number of hydrogen-bond donors (Lipinski definition) is 1. The van der Waals surface area contributed by atoms with Gasteiger partial charge >= 0.3 is 6.09 Å². The number of amides is 1. The summed E-state index contributed by atoms with van der Waals surface area (Å²) < 4.78 is 26.2. The molecule has 1 aromatic rings. The number of aromatic nitrogens is 1. The number of amidine groups is 1. The van der Waals surface area contributed by atoms with Crippen molar-refractivity contribution in [2.75, 3.05) is 19.1 Å². The molecule has 32 heavy (non-hydrogen) atoms. The van der Waals surface area contributed by atoms with E-state index in [0.29, 0.717) is 23.0 Å². The number of carbonyl (C=O) groups excluding carboxylic acids is 1. The van der Waals surface area contributed by atoms with Crippen LogP contribution in [0.1, 0.15) is 39.7 Å². The Morgan fingerprint density at radius 3 is 2.72 bits per heavy atom. The molecule has 1 aliphatic heterocycles. The van der Waals surface area contributed by atoms with E-state index in [-0.39, 0.29) is 17.9 Å². The fourth-order valence-electron chi connectivity index (χ4n) is 3.58. The average Bonchev–Trinajstić information content (AvgIpc) is 3.41. The maximum atomic E-state index is 14.7. The van der Waals surface area contributed by atoms with Crippen molar-refractivity contribution in [3.63, 3.8) is 0 Å². The van der Waals surface area contributed by atoms with E-state index in [2.05, 4.69) is 24.6 Å². The Hall–Kier alpha value is -1.65. The maximum absolute atomic E-state index is 14.7. The predicted octanol–water partition coefficient (Wildman–Crippen LogP) is 5.06. The Morgan fingerprint density at radius 1 is 1.41 bits per heavy atom. The number of pyridine rings is 1. The second-order valence-electron chi connectivity index (χ2n) is 10.9. The number of carbonyl (C=O) groups is 1. The van der Waals surface area contributed by atoms with Gasteiger partial charge in [-0.25, -0.2) is 14.7 Å². The van der Waals surface area contributed by atoms with Crippen molar-refractivity contribution in [2.24, 2.45) is 10.9 Å². The lowest BCUT2D eigenvalue weighted by atomic mass is 9.88. The SMILES string of the molecule is CC(C)(C)OC(=O)N(COCC[Si](C)(C)C)C1=N[C@](C)(c2cc(N)cnc2F)[C@@H]2C[C@@H]2S1. The van der Waals surface area contributed by atoms with Crippen molar-refractivity contribution in [2.45, 2.75) is 76.2 Å². The van der Waals surface area contributed by atoms with Crippen molar-refractivity contribution in [1.29, 1.82) is 0 Å². The molecule has 0 saturated heterocycles. The Balaban J connectivity index is 1.90. The normalized spacial score (nSPS) is 25.1. The zero-order valence-electron chi connectivity index (χ0n) is 20.1. The molecule has 1 aliphatic carbocycles. The fraction of sp³-hybridized carbons (Fsp3) is 0.682. The Kier molecular flexibility index (Phi) is 6.98. The molecule has 1 amide bonds. The molecule has 3 atom stereocenters. The van der Waals surface area contributed by atoms with E-state index in [0.717, 1.165) is 12.5 Å². The summed E-state index contributed by atoms with van der Waals surface area (Å²) in [5.74, 6) is -0.430. The highest BCUT2D eigenvalue weighted by molar-refractivity contribution is 8.14. The molecule has 1 aromatic heterocycles. The van der Waals surface area contributed by atoms with E-state index in [1.165, 1.54) is 22.9 Å². The van der Waals surface area contributed by atoms with Gasteiger partial charge in [0.1, 0.15) is 12.3 Å². The minimum Gasteiger partial charge on any atom is -0.443 e. The van der Waals surface area contributed by atoms with Gasteiger partial charge in [0.05, 0.1) is 17.4 Å². The highest BCUT2D eigenvalue weighted by Gasteiger charge is 2.57. The van der Waals surface area contributed by atoms with E-state index in [1.807, 2.05) is 27.7 Å². The average molecular weight is 483 g/mol. The fourth-order valence-corrected chi connectivity index (χ4v) is 5.83. The van der Waals surface area contributed by atoms with Gasteiger partial charge in [0.15, 0.2) is 5.17 Å². The third kappa shape index (κ3) is 6.02. The zero-order chi connectivity index (χ0) is 23.9. The van der Waals surface area contributed by atoms with Crippen LogP contribution in [-0.2, 0) is 15.0 Å². The number of anilines is 1. The molecule has 0 aromatic carbocycles. The molecule has 178 valence electrons. The molecule has 1 fully saturated rings. The van der Waals surface area contributed by atoms with E-state index in [4.69, 9.17) is 20.2 Å². The predicted molar refractivity (Wildman–Crippen MR) is 130 cm³/mol. The molecule has 3 rings (SSSR count). The smallest absolute Gasteiger partial charge is 0.418 e. The Morgan fingerprint density at radius 2 is 2.09 bits per heavy atom. The van der Waals surface area contributed by atoms with Crippen LogP contribution in [0.15, 0.2) is 17.3 Å². The monoisotopic (exact) mass is 482 g/mol. The minimum atomic E-state index is -1.27. The molecule has 7 nitrogen and oxygen atoms in total. The molecule has 0 spiro atoms. The molecule has 0 radical (unpaired) electrons. The summed E-state index contributed by atoms with van der Waals surface area (Å²) in [5.41, 5.74) is 5.10. The number of thioether (sulfide) groups is 1. The number of nitrogens with zero attached hydrogens (tertiary/aromatic N) is 3. The molecular formula is C22H35FN4O3SSi. The van der Waals surface area contributed by atoms with Gasteiger partial charge in [0.2, 0.25) is 5.95 Å². The number of hydrogen-bond acceptors (Lipinski definition) is 7. The highest BCUT2D eigenvalue weighted by Crippen LogP contribution is 2.58. The van der Waals surface area contributed by atoms with Gasteiger partial charge in [-0.2, -0.15) is 4.39 Å². The molecular weight excluding hydrogens is 447 g/mol. The molecule has 2 heterocycles. The second-order valence-corrected chi connectivity index (χ2v) is 17.7. The summed E-state index contributed by atoms with van der Waals surface area (Å²) in [7, 11) is -1.27. The third-order valence-corrected chi connectivity index (χ3v) is 8.56. The van der Waals surface area contributed by atoms with Gasteiger partial charge in [-0.15, -0.1) is 0 Å². The lowest BCUT2D eigenvalue weighted by Crippen LogP contribution is -2.44. The van der Waals surface area contributed by atoms with Gasteiger partial charge in [0, 0.05) is 31.4 Å². The molecule has 0 unspecified atom stereocenters. The van der Waals surface area contributed by atoms with Gasteiger partial charge in [-0.1, -0.05) is 31.4 Å². The molecule has 2 aliphatic rings. The van der Waals surface area contributed by atoms with E-state index >= 15 is 0 Å². The number of rotatable bonds is 6. The van der Waals surface area contributed by atoms with Crippen molar-refractivity contribution in [1.82, 2.24) is 9.88 Å². The second kappa shape index (κ2) is 8.94. The van der Waals surface area contributed by atoms with Gasteiger partial charge in [-0.3, -0.25) is 4.99 Å². The first-order chi connectivity index (χ1) is 14.7. The number of fused-ring (bicyclic) bond motifs is 1. The summed E-state index contributed by atoms with van der Waals surface area (Å²) in [5, 5.41) is 0.718. The maximum Gasteiger partial charge on any atom is 0.418 e. The largest absolute Gasteiger partial charge is 0.443 e. The van der Waals surface area contributed by atoms with Crippen LogP contribution in [0, 0.1) is 11.9 Å². The summed E-state index contributed by atoms with van der Waals surface area (Å²) in [4.78, 5) is 23.2. The van der Waals surface area contributed by atoms with Crippen molar-refractivity contribution >= 4 is 36.8 Å². The molecule has 10 heteroatoms. The van der Waals surface area contributed by atoms with E-state index in [9.17, 15) is 9.18 Å². The van der Waals surface area contributed by atoms with Crippen LogP contribution < -0.4 is 5.73 Å². The van der Waals surface area contributed by atoms with Gasteiger partial charge < -0.3 is 15.2 Å². The Labute approximate surface area is 195 Å². The topological polar surface area (TPSA) is 90.0 Å². The first-order valence-electron chi connectivity index (χ1n) is 11.0. The highest BCUT2D eigenvalue weighted by atomic mass is 32.2. The van der Waals surface area contributed by atoms with Gasteiger partial charge in [-0.05, 0) is 46.2 Å². The summed E-state index contributed by atoms with van der Waals surface area (Å²) in [6, 6.07) is 2.58. The van der Waals surface area contributed by atoms with Crippen molar-refractivity contribution in [3.05, 3.63) is 23.8 Å². The van der Waals surface area contributed by atoms with Gasteiger partial charge in [0.25, 0.3) is 0 Å². The summed E-state index contributed by atoms with van der Waals surface area (Å²) in [6.07, 6.45) is 1.65. The Bertz CT molecular complexity index is 902. The molecule has 1 saturated carbocycles. The van der Waals surface area contributed by atoms with Crippen molar-refractivity contribution < 1.29 is 18.7 Å². The number of nitrogen functional groups attached to an aromatic ring is 1. The van der Waals surface area contributed by atoms with Crippen LogP contribution in [0.3, 0.4) is 0 Å². The van der Waals surface area contributed by atoms with Crippen LogP contribution in [0.25, 0.3) is 0 Å². The lowest BCUT2D eigenvalue weighted by molar-refractivity contribution is 0.0110. The quantitative estimate of drug-likeness (QED) is 0.264. The molecule has 0 bridgehead atoms. The minimum absolute atomic E-state index is 0.0380. The van der Waals surface area contributed by atoms with Crippen LogP contribution in [-0.4, -0.2) is 53.4 Å². The number of halogens is 1. The lowest BCUT2D eigenvalue weighted by Gasteiger charge is -2.34. The van der Waals surface area contributed by atoms with Crippen molar-refractivity contribution in [3.8, 4) is 0 Å². The van der Waals surface area contributed by atoms with E-state index in [1.54, 1.807) is 6.07 Å². The van der Waals surface area contributed by atoms with Crippen LogP contribution in [0.2, 0.25) is 25.7 Å². The summed E-state index contributed by atoms with van der Waals surface area (Å²) in [6.45, 7) is 14.8. The third-order valence-electron chi connectivity index (χ3n) is 5.51. The molecule has 2 N–H and O–H groups in total. The van der Waals surface area contributed by atoms with Crippen LogP contribution in [0.5, 0.6) is 0 Å². The van der Waals surface area contributed by atoms with Crippen LogP contribution >= 0.6 is 11.8 Å². The number of nitrogens with two attached hydrogens (primary N) is 1. The van der Waals surface area contributed by atoms with Crippen LogP contribution in [0.4, 0.5) is 14.9 Å². The first kappa shape index (κ1) is 25.0. The first-order valence-corrected chi connectivity index (χ1v) is 15.5. The number of ether oxygens (including phenoxy) is 2. The standard InChI is InChI=1S/C22H35FN4O3SSi/c1-21(2,3)30-20(28)27(13-29-8-9-32(5,6)7)19-26-22(4,15-11-17(15)31-19)16-10-14(24)12-25-18(16)23/h10,12,15,17H,8-9,11,13,24H2,1-7H3/t15-,17+,22+/m1/s1. The summed E-state index contributed by atoms with van der Waals surface area (Å²) >= 11 is 1.52.